The first-order chi connectivity index (χ1) is 8.81. The van der Waals surface area contributed by atoms with E-state index in [1.165, 1.54) is 5.56 Å². The second-order valence-corrected chi connectivity index (χ2v) is 4.15. The summed E-state index contributed by atoms with van der Waals surface area (Å²) >= 11 is 0. The summed E-state index contributed by atoms with van der Waals surface area (Å²) in [7, 11) is 0. The zero-order valence-corrected chi connectivity index (χ0v) is 10.5. The van der Waals surface area contributed by atoms with Crippen LogP contribution >= 0.6 is 0 Å². The van der Waals surface area contributed by atoms with Crippen LogP contribution in [0.5, 0.6) is 0 Å². The van der Waals surface area contributed by atoms with Gasteiger partial charge in [-0.2, -0.15) is 0 Å². The molecule has 0 aliphatic rings. The van der Waals surface area contributed by atoms with Crippen molar-refractivity contribution >= 4 is 0 Å². The van der Waals surface area contributed by atoms with Crippen molar-refractivity contribution in [3.05, 3.63) is 47.6 Å². The van der Waals surface area contributed by atoms with E-state index in [1.54, 1.807) is 0 Å². The van der Waals surface area contributed by atoms with Gasteiger partial charge in [-0.05, 0) is 24.2 Å². The van der Waals surface area contributed by atoms with Crippen LogP contribution in [0.3, 0.4) is 0 Å². The molecule has 2 rings (SSSR count). The van der Waals surface area contributed by atoms with Gasteiger partial charge < -0.3 is 10.3 Å². The van der Waals surface area contributed by atoms with Crippen molar-refractivity contribution in [2.24, 2.45) is 5.73 Å². The van der Waals surface area contributed by atoms with Gasteiger partial charge in [-0.15, -0.1) is 0 Å². The Balaban J connectivity index is 1.97. The van der Waals surface area contributed by atoms with Gasteiger partial charge >= 0.3 is 0 Å². The zero-order chi connectivity index (χ0) is 12.8. The van der Waals surface area contributed by atoms with Crippen molar-refractivity contribution in [3.8, 4) is 0 Å². The lowest BCUT2D eigenvalue weighted by Gasteiger charge is -2.18. The summed E-state index contributed by atoms with van der Waals surface area (Å²) in [6.07, 6.45) is 3.62. The minimum absolute atomic E-state index is 0.417. The van der Waals surface area contributed by atoms with Crippen molar-refractivity contribution in [2.75, 3.05) is 6.54 Å². The van der Waals surface area contributed by atoms with Crippen LogP contribution in [0.15, 0.2) is 35.1 Å². The molecule has 0 radical (unpaired) electrons. The molecule has 18 heavy (non-hydrogen) atoms. The predicted octanol–water partition coefficient (Wildman–Crippen LogP) is 1.55. The van der Waals surface area contributed by atoms with Crippen LogP contribution in [-0.4, -0.2) is 21.6 Å². The summed E-state index contributed by atoms with van der Waals surface area (Å²) in [5, 5.41) is 3.89. The lowest BCUT2D eigenvalue weighted by molar-refractivity contribution is 0.233. The summed E-state index contributed by atoms with van der Waals surface area (Å²) in [6.45, 7) is 5.10. The van der Waals surface area contributed by atoms with E-state index in [2.05, 4.69) is 22.0 Å². The maximum atomic E-state index is 5.51. The second kappa shape index (κ2) is 6.28. The van der Waals surface area contributed by atoms with Crippen molar-refractivity contribution in [1.29, 1.82) is 0 Å². The van der Waals surface area contributed by atoms with E-state index in [0.717, 1.165) is 31.1 Å². The Morgan fingerprint density at radius 3 is 2.67 bits per heavy atom. The van der Waals surface area contributed by atoms with Crippen molar-refractivity contribution in [1.82, 2.24) is 15.0 Å². The Bertz CT molecular complexity index is 469. The molecule has 0 bridgehead atoms. The summed E-state index contributed by atoms with van der Waals surface area (Å²) in [4.78, 5) is 6.29. The highest BCUT2D eigenvalue weighted by atomic mass is 16.5. The molecule has 0 saturated carbocycles. The fraction of sp³-hybridized carbons (Fsp3) is 0.385. The summed E-state index contributed by atoms with van der Waals surface area (Å²) < 4.78 is 5.24. The molecule has 0 aromatic carbocycles. The number of pyridine rings is 1. The molecule has 2 aromatic rings. The van der Waals surface area contributed by atoms with Crippen molar-refractivity contribution in [3.63, 3.8) is 0 Å². The van der Waals surface area contributed by atoms with Crippen LogP contribution in [0.4, 0.5) is 0 Å². The van der Waals surface area contributed by atoms with Gasteiger partial charge in [0.2, 0.25) is 0 Å². The summed E-state index contributed by atoms with van der Waals surface area (Å²) in [6, 6.07) is 5.96. The van der Waals surface area contributed by atoms with E-state index in [-0.39, 0.29) is 0 Å². The molecule has 0 amide bonds. The Labute approximate surface area is 107 Å². The fourth-order valence-electron chi connectivity index (χ4n) is 1.77. The smallest absolute Gasteiger partial charge is 0.151 e. The van der Waals surface area contributed by atoms with Gasteiger partial charge in [0.05, 0.1) is 12.2 Å². The fourth-order valence-corrected chi connectivity index (χ4v) is 1.77. The molecular weight excluding hydrogens is 228 g/mol. The minimum Gasteiger partial charge on any atom is -0.360 e. The van der Waals surface area contributed by atoms with E-state index in [0.29, 0.717) is 6.54 Å². The van der Waals surface area contributed by atoms with Crippen LogP contribution in [0.25, 0.3) is 0 Å². The third kappa shape index (κ3) is 3.38. The van der Waals surface area contributed by atoms with E-state index in [9.17, 15) is 0 Å². The van der Waals surface area contributed by atoms with Crippen molar-refractivity contribution in [2.45, 2.75) is 26.6 Å². The average molecular weight is 246 g/mol. The molecule has 0 saturated heterocycles. The SMILES string of the molecule is CCN(Cc1ccncc1)Cc1cc(CN)no1. The lowest BCUT2D eigenvalue weighted by atomic mass is 10.2. The maximum absolute atomic E-state index is 5.51. The highest BCUT2D eigenvalue weighted by Gasteiger charge is 2.09. The van der Waals surface area contributed by atoms with Crippen molar-refractivity contribution < 1.29 is 4.52 Å². The molecular formula is C13H18N4O. The molecule has 5 heteroatoms. The molecule has 2 aromatic heterocycles. The molecule has 96 valence electrons. The first-order valence-corrected chi connectivity index (χ1v) is 6.07. The Kier molecular flexibility index (Phi) is 4.44. The molecule has 5 nitrogen and oxygen atoms in total. The number of hydrogen-bond donors (Lipinski definition) is 1. The number of nitrogens with zero attached hydrogens (tertiary/aromatic N) is 3. The third-order valence-corrected chi connectivity index (χ3v) is 2.80. The van der Waals surface area contributed by atoms with Crippen LogP contribution < -0.4 is 5.73 Å². The van der Waals surface area contributed by atoms with Gasteiger partial charge in [-0.1, -0.05) is 12.1 Å². The third-order valence-electron chi connectivity index (χ3n) is 2.80. The van der Waals surface area contributed by atoms with Crippen LogP contribution in [0.1, 0.15) is 23.9 Å². The topological polar surface area (TPSA) is 68.2 Å². The second-order valence-electron chi connectivity index (χ2n) is 4.15. The largest absolute Gasteiger partial charge is 0.360 e. The normalized spacial score (nSPS) is 11.1. The predicted molar refractivity (Wildman–Crippen MR) is 68.4 cm³/mol. The first kappa shape index (κ1) is 12.7. The van der Waals surface area contributed by atoms with E-state index >= 15 is 0 Å². The van der Waals surface area contributed by atoms with Gasteiger partial charge in [-0.25, -0.2) is 0 Å². The molecule has 0 aliphatic heterocycles. The van der Waals surface area contributed by atoms with Gasteiger partial charge in [0, 0.05) is 31.5 Å². The molecule has 0 spiro atoms. The maximum Gasteiger partial charge on any atom is 0.151 e. The summed E-state index contributed by atoms with van der Waals surface area (Å²) in [5.74, 6) is 0.853. The number of hydrogen-bond acceptors (Lipinski definition) is 5. The number of rotatable bonds is 6. The van der Waals surface area contributed by atoms with Gasteiger partial charge in [0.25, 0.3) is 0 Å². The highest BCUT2D eigenvalue weighted by molar-refractivity contribution is 5.10. The first-order valence-electron chi connectivity index (χ1n) is 6.07. The standard InChI is InChI=1S/C13H18N4O/c1-2-17(9-11-3-5-15-6-4-11)10-13-7-12(8-14)16-18-13/h3-7H,2,8-10,14H2,1H3. The molecule has 2 heterocycles. The number of nitrogens with two attached hydrogens (primary N) is 1. The molecule has 0 unspecified atom stereocenters. The van der Waals surface area contributed by atoms with Crippen LogP contribution in [0.2, 0.25) is 0 Å². The Morgan fingerprint density at radius 2 is 2.06 bits per heavy atom. The number of aromatic nitrogens is 2. The summed E-state index contributed by atoms with van der Waals surface area (Å²) in [5.41, 5.74) is 7.54. The van der Waals surface area contributed by atoms with Gasteiger partial charge in [0.1, 0.15) is 0 Å². The average Bonchev–Trinajstić information content (AvgIpc) is 2.87. The monoisotopic (exact) mass is 246 g/mol. The minimum atomic E-state index is 0.417. The molecule has 0 fully saturated rings. The zero-order valence-electron chi connectivity index (χ0n) is 10.5. The molecule has 2 N–H and O–H groups in total. The lowest BCUT2D eigenvalue weighted by Crippen LogP contribution is -2.22. The van der Waals surface area contributed by atoms with Crippen LogP contribution in [-0.2, 0) is 19.6 Å². The molecule has 0 aliphatic carbocycles. The van der Waals surface area contributed by atoms with E-state index in [1.807, 2.05) is 30.6 Å². The van der Waals surface area contributed by atoms with Gasteiger partial charge in [-0.3, -0.25) is 9.88 Å². The quantitative estimate of drug-likeness (QED) is 0.837. The van der Waals surface area contributed by atoms with E-state index in [4.69, 9.17) is 10.3 Å². The van der Waals surface area contributed by atoms with E-state index < -0.39 is 0 Å². The van der Waals surface area contributed by atoms with Crippen LogP contribution in [0, 0.1) is 0 Å². The Morgan fingerprint density at radius 1 is 1.28 bits per heavy atom. The Hall–Kier alpha value is -1.72. The van der Waals surface area contributed by atoms with Gasteiger partial charge in [0.15, 0.2) is 5.76 Å². The highest BCUT2D eigenvalue weighted by Crippen LogP contribution is 2.10. The molecule has 0 atom stereocenters.